The minimum atomic E-state index is -0.0984. The predicted molar refractivity (Wildman–Crippen MR) is 128 cm³/mol. The van der Waals surface area contributed by atoms with E-state index >= 15 is 0 Å². The fourth-order valence-corrected chi connectivity index (χ4v) is 5.93. The van der Waals surface area contributed by atoms with E-state index in [0.717, 1.165) is 12.8 Å². The van der Waals surface area contributed by atoms with Crippen molar-refractivity contribution in [2.24, 2.45) is 0 Å². The smallest absolute Gasteiger partial charge is 0.318 e. The van der Waals surface area contributed by atoms with Gasteiger partial charge in [0.05, 0.1) is 18.7 Å². The number of hydrogen-bond acceptors (Lipinski definition) is 3. The van der Waals surface area contributed by atoms with Crippen LogP contribution in [0.5, 0.6) is 0 Å². The number of fused-ring (bicyclic) bond motifs is 1. The molecule has 0 spiro atoms. The topological polar surface area (TPSA) is 61.9 Å². The molecular weight excluding hydrogens is 414 g/mol. The first kappa shape index (κ1) is 22.0. The van der Waals surface area contributed by atoms with E-state index in [4.69, 9.17) is 4.74 Å². The lowest BCUT2D eigenvalue weighted by Gasteiger charge is -2.59. The largest absolute Gasteiger partial charge is 0.383 e. The van der Waals surface area contributed by atoms with Gasteiger partial charge in [0, 0.05) is 25.6 Å². The molecule has 2 heterocycles. The van der Waals surface area contributed by atoms with Crippen LogP contribution < -0.4 is 5.32 Å². The third-order valence-corrected chi connectivity index (χ3v) is 7.62. The zero-order valence-electron chi connectivity index (χ0n) is 19.5. The summed E-state index contributed by atoms with van der Waals surface area (Å²) in [4.78, 5) is 29.5. The number of urea groups is 1. The molecule has 2 aromatic rings. The summed E-state index contributed by atoms with van der Waals surface area (Å²) >= 11 is 0. The number of rotatable bonds is 5. The molecule has 0 unspecified atom stereocenters. The Balaban J connectivity index is 1.35. The molecular formula is C27H33N3O3. The van der Waals surface area contributed by atoms with Gasteiger partial charge in [0.15, 0.2) is 0 Å². The van der Waals surface area contributed by atoms with Crippen LogP contribution in [-0.2, 0) is 9.53 Å². The molecule has 3 atom stereocenters. The SMILES string of the molecule is COC[C@H]1[C@H](c2ccc(-c3ccccc3C)cc2)[C@@H]2CN(C(=O)NC3CCCC3)CC(=O)N12. The Morgan fingerprint density at radius 1 is 1.09 bits per heavy atom. The van der Waals surface area contributed by atoms with Crippen LogP contribution in [-0.4, -0.2) is 66.7 Å². The number of carbonyl (C=O) groups excluding carboxylic acids is 2. The van der Waals surface area contributed by atoms with Crippen LogP contribution in [0.3, 0.4) is 0 Å². The molecule has 0 radical (unpaired) electrons. The molecule has 0 aromatic heterocycles. The third-order valence-electron chi connectivity index (χ3n) is 7.62. The fourth-order valence-electron chi connectivity index (χ4n) is 5.93. The highest BCUT2D eigenvalue weighted by Gasteiger charge is 2.54. The molecule has 174 valence electrons. The Bertz CT molecular complexity index is 1020. The summed E-state index contributed by atoms with van der Waals surface area (Å²) in [6, 6.07) is 17.2. The first-order chi connectivity index (χ1) is 16.1. The van der Waals surface area contributed by atoms with Crippen LogP contribution >= 0.6 is 0 Å². The Morgan fingerprint density at radius 3 is 2.52 bits per heavy atom. The van der Waals surface area contributed by atoms with Crippen LogP contribution in [0.1, 0.15) is 42.7 Å². The molecule has 1 N–H and O–H groups in total. The molecule has 3 fully saturated rings. The van der Waals surface area contributed by atoms with Crippen molar-refractivity contribution in [1.82, 2.24) is 15.1 Å². The minimum absolute atomic E-state index is 0.00922. The second-order valence-corrected chi connectivity index (χ2v) is 9.67. The van der Waals surface area contributed by atoms with Crippen molar-refractivity contribution in [1.29, 1.82) is 0 Å². The average molecular weight is 448 g/mol. The fraction of sp³-hybridized carbons (Fsp3) is 0.481. The summed E-state index contributed by atoms with van der Waals surface area (Å²) in [6.07, 6.45) is 4.41. The average Bonchev–Trinajstić information content (AvgIpc) is 3.31. The van der Waals surface area contributed by atoms with Crippen LogP contribution in [0.4, 0.5) is 4.79 Å². The van der Waals surface area contributed by atoms with E-state index in [2.05, 4.69) is 60.8 Å². The molecule has 0 bridgehead atoms. The van der Waals surface area contributed by atoms with Crippen LogP contribution in [0.2, 0.25) is 0 Å². The highest BCUT2D eigenvalue weighted by Crippen LogP contribution is 2.43. The maximum atomic E-state index is 13.0. The van der Waals surface area contributed by atoms with Gasteiger partial charge in [-0.3, -0.25) is 4.79 Å². The molecule has 6 nitrogen and oxygen atoms in total. The van der Waals surface area contributed by atoms with Crippen molar-refractivity contribution in [2.75, 3.05) is 26.8 Å². The zero-order valence-corrected chi connectivity index (χ0v) is 19.5. The maximum absolute atomic E-state index is 13.0. The highest BCUT2D eigenvalue weighted by molar-refractivity contribution is 5.87. The Kier molecular flexibility index (Phi) is 6.11. The number of carbonyl (C=O) groups is 2. The number of benzene rings is 2. The van der Waals surface area contributed by atoms with Crippen molar-refractivity contribution < 1.29 is 14.3 Å². The molecule has 5 rings (SSSR count). The van der Waals surface area contributed by atoms with E-state index in [1.807, 2.05) is 4.90 Å². The van der Waals surface area contributed by atoms with E-state index in [1.165, 1.54) is 35.1 Å². The molecule has 33 heavy (non-hydrogen) atoms. The number of aryl methyl sites for hydroxylation is 1. The van der Waals surface area contributed by atoms with E-state index in [0.29, 0.717) is 13.2 Å². The summed E-state index contributed by atoms with van der Waals surface area (Å²) in [7, 11) is 1.68. The van der Waals surface area contributed by atoms with Gasteiger partial charge < -0.3 is 19.9 Å². The first-order valence-corrected chi connectivity index (χ1v) is 12.1. The van der Waals surface area contributed by atoms with E-state index in [1.54, 1.807) is 12.0 Å². The van der Waals surface area contributed by atoms with Crippen LogP contribution in [0.25, 0.3) is 11.1 Å². The third kappa shape index (κ3) is 4.12. The van der Waals surface area contributed by atoms with Crippen LogP contribution in [0.15, 0.2) is 48.5 Å². The normalized spacial score (nSPS) is 25.0. The van der Waals surface area contributed by atoms with Crippen LogP contribution in [0, 0.1) is 6.92 Å². The van der Waals surface area contributed by atoms with E-state index in [9.17, 15) is 9.59 Å². The quantitative estimate of drug-likeness (QED) is 0.755. The van der Waals surface area contributed by atoms with Gasteiger partial charge in [0.1, 0.15) is 6.54 Å². The summed E-state index contributed by atoms with van der Waals surface area (Å²) in [5.74, 6) is 0.171. The Labute approximate surface area is 195 Å². The zero-order chi connectivity index (χ0) is 22.9. The van der Waals surface area contributed by atoms with Gasteiger partial charge in [-0.1, -0.05) is 61.4 Å². The lowest BCUT2D eigenvalue weighted by molar-refractivity contribution is -0.160. The summed E-state index contributed by atoms with van der Waals surface area (Å²) in [6.45, 7) is 3.34. The summed E-state index contributed by atoms with van der Waals surface area (Å²) in [5, 5.41) is 3.14. The van der Waals surface area contributed by atoms with Gasteiger partial charge >= 0.3 is 6.03 Å². The van der Waals surface area contributed by atoms with Gasteiger partial charge in [-0.05, 0) is 42.0 Å². The van der Waals surface area contributed by atoms with Crippen molar-refractivity contribution in [3.8, 4) is 11.1 Å². The van der Waals surface area contributed by atoms with E-state index < -0.39 is 0 Å². The lowest BCUT2D eigenvalue weighted by atomic mass is 9.73. The van der Waals surface area contributed by atoms with Gasteiger partial charge in [-0.15, -0.1) is 0 Å². The van der Waals surface area contributed by atoms with Gasteiger partial charge in [-0.2, -0.15) is 0 Å². The second-order valence-electron chi connectivity index (χ2n) is 9.67. The Morgan fingerprint density at radius 2 is 1.82 bits per heavy atom. The molecule has 2 aliphatic heterocycles. The van der Waals surface area contributed by atoms with E-state index in [-0.39, 0.29) is 42.5 Å². The number of methoxy groups -OCH3 is 1. The number of nitrogens with zero attached hydrogens (tertiary/aromatic N) is 2. The standard InChI is InChI=1S/C27H33N3O3/c1-18-7-3-6-10-22(18)19-11-13-20(14-12-19)26-23-15-29(27(32)28-21-8-4-5-9-21)16-25(31)30(23)24(26)17-33-2/h3,6-7,10-14,21,23-24,26H,4-5,8-9,15-17H2,1-2H3,(H,28,32)/t23-,24-,26+/m0/s1. The summed E-state index contributed by atoms with van der Waals surface area (Å²) in [5.41, 5.74) is 4.87. The molecule has 3 amide bonds. The maximum Gasteiger partial charge on any atom is 0.318 e. The number of piperazine rings is 1. The predicted octanol–water partition coefficient (Wildman–Crippen LogP) is 3.94. The van der Waals surface area contributed by atoms with Gasteiger partial charge in [0.25, 0.3) is 0 Å². The summed E-state index contributed by atoms with van der Waals surface area (Å²) < 4.78 is 5.48. The minimum Gasteiger partial charge on any atom is -0.383 e. The molecule has 6 heteroatoms. The monoisotopic (exact) mass is 447 g/mol. The van der Waals surface area contributed by atoms with Crippen molar-refractivity contribution in [3.05, 3.63) is 59.7 Å². The van der Waals surface area contributed by atoms with Gasteiger partial charge in [-0.25, -0.2) is 4.79 Å². The highest BCUT2D eigenvalue weighted by atomic mass is 16.5. The van der Waals surface area contributed by atoms with Crippen molar-refractivity contribution in [3.63, 3.8) is 0 Å². The Hall–Kier alpha value is -2.86. The number of nitrogens with one attached hydrogen (secondary N) is 1. The molecule has 2 aromatic carbocycles. The first-order valence-electron chi connectivity index (χ1n) is 12.1. The molecule has 1 aliphatic carbocycles. The van der Waals surface area contributed by atoms with Crippen molar-refractivity contribution >= 4 is 11.9 Å². The van der Waals surface area contributed by atoms with Crippen molar-refractivity contribution in [2.45, 2.75) is 56.7 Å². The molecule has 1 saturated carbocycles. The number of ether oxygens (including phenoxy) is 1. The lowest BCUT2D eigenvalue weighted by Crippen LogP contribution is -2.74. The molecule has 2 saturated heterocycles. The number of hydrogen-bond donors (Lipinski definition) is 1. The number of amides is 3. The van der Waals surface area contributed by atoms with Gasteiger partial charge in [0.2, 0.25) is 5.91 Å². The second kappa shape index (κ2) is 9.18. The molecule has 3 aliphatic rings.